The van der Waals surface area contributed by atoms with Crippen molar-refractivity contribution in [3.8, 4) is 0 Å². The Morgan fingerprint density at radius 2 is 2.15 bits per heavy atom. The SMILES string of the molecule is CNS(=O)(=O)c1csc(C(=O)N(CC(=O)O)C2CC2)c1. The Hall–Kier alpha value is -1.45. The second kappa shape index (κ2) is 5.51. The molecule has 9 heteroatoms. The Kier molecular flexibility index (Phi) is 4.11. The summed E-state index contributed by atoms with van der Waals surface area (Å²) < 4.78 is 25.4. The minimum absolute atomic E-state index is 0.0134. The van der Waals surface area contributed by atoms with Gasteiger partial charge in [-0.15, -0.1) is 11.3 Å². The van der Waals surface area contributed by atoms with E-state index in [1.54, 1.807) is 0 Å². The molecule has 1 aliphatic carbocycles. The summed E-state index contributed by atoms with van der Waals surface area (Å²) >= 11 is 0.997. The number of aliphatic carboxylic acids is 1. The first kappa shape index (κ1) is 14.9. The van der Waals surface area contributed by atoms with E-state index in [1.165, 1.54) is 23.4 Å². The van der Waals surface area contributed by atoms with Crippen LogP contribution in [0.5, 0.6) is 0 Å². The molecule has 7 nitrogen and oxygen atoms in total. The molecule has 1 aromatic heterocycles. The van der Waals surface area contributed by atoms with Crippen molar-refractivity contribution < 1.29 is 23.1 Å². The van der Waals surface area contributed by atoms with Crippen molar-refractivity contribution in [2.45, 2.75) is 23.8 Å². The topological polar surface area (TPSA) is 104 Å². The van der Waals surface area contributed by atoms with E-state index in [4.69, 9.17) is 5.11 Å². The van der Waals surface area contributed by atoms with Gasteiger partial charge in [-0.2, -0.15) is 0 Å². The molecule has 2 N–H and O–H groups in total. The van der Waals surface area contributed by atoms with Gasteiger partial charge in [-0.1, -0.05) is 0 Å². The number of rotatable bonds is 6. The molecule has 1 aliphatic rings. The quantitative estimate of drug-likeness (QED) is 0.787. The van der Waals surface area contributed by atoms with Crippen molar-refractivity contribution in [3.05, 3.63) is 16.3 Å². The lowest BCUT2D eigenvalue weighted by Gasteiger charge is -2.19. The van der Waals surface area contributed by atoms with Crippen molar-refractivity contribution in [1.29, 1.82) is 0 Å². The van der Waals surface area contributed by atoms with Crippen LogP contribution in [0.4, 0.5) is 0 Å². The van der Waals surface area contributed by atoms with Gasteiger partial charge in [0.2, 0.25) is 10.0 Å². The molecule has 1 amide bonds. The number of carbonyl (C=O) groups excluding carboxylic acids is 1. The number of sulfonamides is 1. The van der Waals surface area contributed by atoms with Crippen LogP contribution in [0.2, 0.25) is 0 Å². The number of carboxylic acids is 1. The van der Waals surface area contributed by atoms with Crippen molar-refractivity contribution >= 4 is 33.2 Å². The molecule has 0 bridgehead atoms. The predicted molar refractivity (Wildman–Crippen MR) is 72.3 cm³/mol. The summed E-state index contributed by atoms with van der Waals surface area (Å²) in [7, 11) is -2.30. The van der Waals surface area contributed by atoms with Crippen LogP contribution in [0.3, 0.4) is 0 Å². The summed E-state index contributed by atoms with van der Waals surface area (Å²) in [4.78, 5) is 24.6. The van der Waals surface area contributed by atoms with E-state index in [0.717, 1.165) is 24.2 Å². The number of hydrogen-bond acceptors (Lipinski definition) is 5. The number of carboxylic acid groups (broad SMARTS) is 1. The molecule has 0 atom stereocenters. The molecule has 0 spiro atoms. The van der Waals surface area contributed by atoms with Gasteiger partial charge in [-0.25, -0.2) is 13.1 Å². The van der Waals surface area contributed by atoms with E-state index >= 15 is 0 Å². The molecule has 0 unspecified atom stereocenters. The molecule has 0 radical (unpaired) electrons. The monoisotopic (exact) mass is 318 g/mol. The molecule has 0 aliphatic heterocycles. The van der Waals surface area contributed by atoms with Crippen LogP contribution in [0, 0.1) is 0 Å². The number of nitrogens with one attached hydrogen (secondary N) is 1. The van der Waals surface area contributed by atoms with Crippen LogP contribution in [-0.2, 0) is 14.8 Å². The maximum atomic E-state index is 12.2. The van der Waals surface area contributed by atoms with Gasteiger partial charge in [-0.3, -0.25) is 9.59 Å². The van der Waals surface area contributed by atoms with E-state index in [-0.39, 0.29) is 22.4 Å². The molecule has 0 aromatic carbocycles. The fraction of sp³-hybridized carbons (Fsp3) is 0.455. The van der Waals surface area contributed by atoms with Crippen molar-refractivity contribution in [2.75, 3.05) is 13.6 Å². The Bertz CT molecular complexity index is 633. The van der Waals surface area contributed by atoms with Gasteiger partial charge < -0.3 is 10.0 Å². The van der Waals surface area contributed by atoms with Gasteiger partial charge in [0, 0.05) is 11.4 Å². The van der Waals surface area contributed by atoms with Crippen LogP contribution in [0.15, 0.2) is 16.3 Å². The van der Waals surface area contributed by atoms with Crippen molar-refractivity contribution in [2.24, 2.45) is 0 Å². The Balaban J connectivity index is 2.22. The lowest BCUT2D eigenvalue weighted by Crippen LogP contribution is -2.37. The average Bonchev–Trinajstić information content (AvgIpc) is 3.10. The Morgan fingerprint density at radius 1 is 1.50 bits per heavy atom. The van der Waals surface area contributed by atoms with E-state index in [0.29, 0.717) is 0 Å². The van der Waals surface area contributed by atoms with Crippen LogP contribution in [0.25, 0.3) is 0 Å². The highest BCUT2D eigenvalue weighted by molar-refractivity contribution is 7.89. The summed E-state index contributed by atoms with van der Waals surface area (Å²) in [6, 6.07) is 1.22. The summed E-state index contributed by atoms with van der Waals surface area (Å²) in [6.45, 7) is -0.366. The molecule has 0 saturated heterocycles. The van der Waals surface area contributed by atoms with E-state index in [9.17, 15) is 18.0 Å². The van der Waals surface area contributed by atoms with Gasteiger partial charge in [-0.05, 0) is 26.0 Å². The normalized spacial score (nSPS) is 15.1. The molecule has 1 aromatic rings. The highest BCUT2D eigenvalue weighted by Gasteiger charge is 2.35. The zero-order valence-corrected chi connectivity index (χ0v) is 12.3. The van der Waals surface area contributed by atoms with Crippen molar-refractivity contribution in [1.82, 2.24) is 9.62 Å². The fourth-order valence-corrected chi connectivity index (χ4v) is 3.69. The average molecular weight is 318 g/mol. The largest absolute Gasteiger partial charge is 0.480 e. The molecule has 1 saturated carbocycles. The number of nitrogens with zero attached hydrogens (tertiary/aromatic N) is 1. The zero-order valence-electron chi connectivity index (χ0n) is 10.7. The molecule has 20 heavy (non-hydrogen) atoms. The van der Waals surface area contributed by atoms with Gasteiger partial charge in [0.25, 0.3) is 5.91 Å². The summed E-state index contributed by atoms with van der Waals surface area (Å²) in [5.41, 5.74) is 0. The van der Waals surface area contributed by atoms with E-state index in [1.807, 2.05) is 0 Å². The lowest BCUT2D eigenvalue weighted by atomic mass is 10.3. The number of carbonyl (C=O) groups is 2. The van der Waals surface area contributed by atoms with E-state index < -0.39 is 21.9 Å². The third kappa shape index (κ3) is 3.17. The van der Waals surface area contributed by atoms with Crippen molar-refractivity contribution in [3.63, 3.8) is 0 Å². The first-order valence-corrected chi connectivity index (χ1v) is 8.26. The molecular formula is C11H14N2O5S2. The zero-order chi connectivity index (χ0) is 14.9. The van der Waals surface area contributed by atoms with Gasteiger partial charge in [0.15, 0.2) is 0 Å². The summed E-state index contributed by atoms with van der Waals surface area (Å²) in [6.07, 6.45) is 1.57. The van der Waals surface area contributed by atoms with Crippen LogP contribution in [-0.4, -0.2) is 49.9 Å². The van der Waals surface area contributed by atoms with Crippen LogP contribution < -0.4 is 4.72 Å². The standard InChI is InChI=1S/C11H14N2O5S2/c1-12-20(17,18)8-4-9(19-6-8)11(16)13(5-10(14)15)7-2-3-7/h4,6-7,12H,2-3,5H2,1H3,(H,14,15). The number of amides is 1. The second-order valence-electron chi connectivity index (χ2n) is 4.41. The fourth-order valence-electron chi connectivity index (χ4n) is 1.73. The third-order valence-corrected chi connectivity index (χ3v) is 5.38. The molecule has 1 fully saturated rings. The van der Waals surface area contributed by atoms with Gasteiger partial charge in [0.1, 0.15) is 6.54 Å². The Labute approximate surface area is 120 Å². The Morgan fingerprint density at radius 3 is 2.65 bits per heavy atom. The second-order valence-corrected chi connectivity index (χ2v) is 7.21. The molecule has 110 valence electrons. The third-order valence-electron chi connectivity index (χ3n) is 2.92. The minimum Gasteiger partial charge on any atom is -0.480 e. The van der Waals surface area contributed by atoms with Gasteiger partial charge in [0.05, 0.1) is 9.77 Å². The van der Waals surface area contributed by atoms with E-state index in [2.05, 4.69) is 4.72 Å². The smallest absolute Gasteiger partial charge is 0.323 e. The maximum absolute atomic E-state index is 12.2. The highest BCUT2D eigenvalue weighted by Crippen LogP contribution is 2.30. The maximum Gasteiger partial charge on any atom is 0.323 e. The highest BCUT2D eigenvalue weighted by atomic mass is 32.2. The summed E-state index contributed by atoms with van der Waals surface area (Å²) in [5.74, 6) is -1.51. The molecule has 2 rings (SSSR count). The van der Waals surface area contributed by atoms with Crippen LogP contribution >= 0.6 is 11.3 Å². The van der Waals surface area contributed by atoms with Crippen LogP contribution in [0.1, 0.15) is 22.5 Å². The lowest BCUT2D eigenvalue weighted by molar-refractivity contribution is -0.137. The molecule has 1 heterocycles. The number of thiophene rings is 1. The first-order chi connectivity index (χ1) is 9.35. The number of hydrogen-bond donors (Lipinski definition) is 2. The molecular weight excluding hydrogens is 304 g/mol. The summed E-state index contributed by atoms with van der Waals surface area (Å²) in [5, 5.41) is 10.2. The predicted octanol–water partition coefficient (Wildman–Crippen LogP) is 0.345. The minimum atomic E-state index is -3.59. The van der Waals surface area contributed by atoms with Gasteiger partial charge >= 0.3 is 5.97 Å². The first-order valence-electron chi connectivity index (χ1n) is 5.90.